The summed E-state index contributed by atoms with van der Waals surface area (Å²) in [5, 5.41) is 3.36. The van der Waals surface area contributed by atoms with Crippen molar-refractivity contribution in [1.82, 2.24) is 0 Å². The second kappa shape index (κ2) is 6.04. The van der Waals surface area contributed by atoms with Crippen molar-refractivity contribution in [2.24, 2.45) is 5.92 Å². The maximum atomic E-state index is 13.0. The van der Waals surface area contributed by atoms with Crippen LogP contribution in [0.3, 0.4) is 0 Å². The lowest BCUT2D eigenvalue weighted by molar-refractivity contribution is -0.137. The van der Waals surface area contributed by atoms with Crippen molar-refractivity contribution in [3.63, 3.8) is 0 Å². The summed E-state index contributed by atoms with van der Waals surface area (Å²) in [6.45, 7) is 6.61. The van der Waals surface area contributed by atoms with E-state index in [1.165, 1.54) is 12.1 Å². The van der Waals surface area contributed by atoms with Crippen LogP contribution in [0.2, 0.25) is 0 Å². The first-order chi connectivity index (χ1) is 10.9. The average molecular weight is 323 g/mol. The van der Waals surface area contributed by atoms with Crippen LogP contribution in [0, 0.1) is 5.92 Å². The van der Waals surface area contributed by atoms with Gasteiger partial charge in [0.25, 0.3) is 0 Å². The molecule has 1 N–H and O–H groups in total. The molecule has 1 aromatic carbocycles. The summed E-state index contributed by atoms with van der Waals surface area (Å²) < 4.78 is 44.9. The van der Waals surface area contributed by atoms with Gasteiger partial charge in [-0.15, -0.1) is 0 Å². The Morgan fingerprint density at radius 3 is 2.87 bits per heavy atom. The fraction of sp³-hybridized carbons (Fsp3) is 0.444. The number of allylic oxidation sites excluding steroid dienone is 1. The molecule has 1 aromatic rings. The molecule has 0 aliphatic carbocycles. The number of halogens is 3. The van der Waals surface area contributed by atoms with Crippen LogP contribution in [0.15, 0.2) is 42.5 Å². The van der Waals surface area contributed by atoms with Gasteiger partial charge in [0.2, 0.25) is 0 Å². The molecule has 0 spiro atoms. The number of ether oxygens (including phenoxy) is 1. The number of alkyl halides is 3. The lowest BCUT2D eigenvalue weighted by atomic mass is 9.77. The Morgan fingerprint density at radius 2 is 2.17 bits per heavy atom. The summed E-state index contributed by atoms with van der Waals surface area (Å²) in [6, 6.07) is 3.83. The van der Waals surface area contributed by atoms with Gasteiger partial charge in [0, 0.05) is 23.8 Å². The summed E-state index contributed by atoms with van der Waals surface area (Å²) in [7, 11) is 0. The van der Waals surface area contributed by atoms with E-state index in [2.05, 4.69) is 11.9 Å². The maximum absolute atomic E-state index is 13.0. The molecular formula is C18H20F3NO. The minimum atomic E-state index is -4.34. The molecule has 0 aromatic heterocycles. The highest BCUT2D eigenvalue weighted by molar-refractivity contribution is 5.59. The molecular weight excluding hydrogens is 303 g/mol. The minimum Gasteiger partial charge on any atom is -0.378 e. The van der Waals surface area contributed by atoms with Crippen molar-refractivity contribution in [3.05, 3.63) is 53.6 Å². The van der Waals surface area contributed by atoms with Crippen LogP contribution >= 0.6 is 0 Å². The van der Waals surface area contributed by atoms with Gasteiger partial charge >= 0.3 is 6.18 Å². The molecule has 0 amide bonds. The van der Waals surface area contributed by atoms with Gasteiger partial charge < -0.3 is 10.1 Å². The molecule has 0 unspecified atom stereocenters. The van der Waals surface area contributed by atoms with E-state index in [4.69, 9.17) is 4.74 Å². The van der Waals surface area contributed by atoms with Crippen molar-refractivity contribution < 1.29 is 17.9 Å². The van der Waals surface area contributed by atoms with Crippen molar-refractivity contribution in [2.75, 3.05) is 11.9 Å². The van der Waals surface area contributed by atoms with Crippen LogP contribution in [-0.2, 0) is 10.9 Å². The van der Waals surface area contributed by atoms with E-state index >= 15 is 0 Å². The van der Waals surface area contributed by atoms with Crippen LogP contribution in [0.25, 0.3) is 0 Å². The second-order valence-electron chi connectivity index (χ2n) is 6.09. The molecule has 5 heteroatoms. The van der Waals surface area contributed by atoms with Crippen molar-refractivity contribution in [3.8, 4) is 0 Å². The topological polar surface area (TPSA) is 21.3 Å². The predicted octanol–water partition coefficient (Wildman–Crippen LogP) is 5.10. The van der Waals surface area contributed by atoms with Crippen LogP contribution in [0.4, 0.5) is 18.9 Å². The third kappa shape index (κ3) is 3.02. The van der Waals surface area contributed by atoms with E-state index in [-0.39, 0.29) is 18.1 Å². The van der Waals surface area contributed by atoms with E-state index in [1.54, 1.807) is 0 Å². The highest BCUT2D eigenvalue weighted by Gasteiger charge is 2.41. The molecule has 3 atom stereocenters. The van der Waals surface area contributed by atoms with E-state index in [1.807, 2.05) is 19.1 Å². The largest absolute Gasteiger partial charge is 0.416 e. The van der Waals surface area contributed by atoms with Gasteiger partial charge in [-0.2, -0.15) is 13.2 Å². The van der Waals surface area contributed by atoms with Gasteiger partial charge in [-0.3, -0.25) is 0 Å². The number of fused-ring (bicyclic) bond motifs is 3. The average Bonchev–Trinajstić information content (AvgIpc) is 2.53. The summed E-state index contributed by atoms with van der Waals surface area (Å²) >= 11 is 0. The maximum Gasteiger partial charge on any atom is 0.416 e. The summed E-state index contributed by atoms with van der Waals surface area (Å²) in [4.78, 5) is 0. The predicted molar refractivity (Wildman–Crippen MR) is 84.2 cm³/mol. The number of rotatable bonds is 2. The van der Waals surface area contributed by atoms with Crippen LogP contribution < -0.4 is 5.32 Å². The number of anilines is 1. The summed E-state index contributed by atoms with van der Waals surface area (Å²) in [5.41, 5.74) is 1.61. The van der Waals surface area contributed by atoms with Gasteiger partial charge in [-0.05, 0) is 43.5 Å². The third-order valence-corrected chi connectivity index (χ3v) is 4.57. The normalized spacial score (nSPS) is 27.2. The Morgan fingerprint density at radius 1 is 1.39 bits per heavy atom. The first-order valence-corrected chi connectivity index (χ1v) is 7.82. The first kappa shape index (κ1) is 16.1. The zero-order chi connectivity index (χ0) is 16.6. The molecule has 124 valence electrons. The highest BCUT2D eigenvalue weighted by Crippen LogP contribution is 2.46. The fourth-order valence-electron chi connectivity index (χ4n) is 3.53. The summed E-state index contributed by atoms with van der Waals surface area (Å²) in [6.07, 6.45) is 1.04. The Hall–Kier alpha value is -1.75. The fourth-order valence-corrected chi connectivity index (χ4v) is 3.53. The zero-order valence-corrected chi connectivity index (χ0v) is 13.0. The van der Waals surface area contributed by atoms with E-state index < -0.39 is 11.7 Å². The van der Waals surface area contributed by atoms with Gasteiger partial charge in [0.1, 0.15) is 0 Å². The second-order valence-corrected chi connectivity index (χ2v) is 6.09. The number of hydrogen-bond acceptors (Lipinski definition) is 2. The molecule has 0 saturated carbocycles. The molecule has 2 aliphatic rings. The number of nitrogens with one attached hydrogen (secondary N) is 1. The van der Waals surface area contributed by atoms with Crippen LogP contribution in [-0.4, -0.2) is 12.6 Å². The smallest absolute Gasteiger partial charge is 0.378 e. The molecule has 3 rings (SSSR count). The Balaban J connectivity index is 2.02. The minimum absolute atomic E-state index is 0.0132. The van der Waals surface area contributed by atoms with Gasteiger partial charge in [-0.1, -0.05) is 18.7 Å². The molecule has 1 saturated heterocycles. The SMILES string of the molecule is C=C(/C=C\C)[C@@H]1Nc2ccc(C(F)(F)F)cc2[C@H]2OCCC[C@H]21. The van der Waals surface area contributed by atoms with Crippen molar-refractivity contribution in [2.45, 2.75) is 38.1 Å². The molecule has 2 heterocycles. The Labute approximate surface area is 134 Å². The van der Waals surface area contributed by atoms with Crippen LogP contribution in [0.1, 0.15) is 37.0 Å². The standard InChI is InChI=1S/C18H20F3NO/c1-3-5-11(2)16-13-6-4-9-23-17(13)14-10-12(18(19,20)21)7-8-15(14)22-16/h3,5,7-8,10,13,16-17,22H,2,4,6,9H2,1H3/b5-3-/t13-,16-,17-/m0/s1. The molecule has 0 bridgehead atoms. The lowest BCUT2D eigenvalue weighted by Gasteiger charge is -2.43. The molecule has 1 fully saturated rings. The Kier molecular flexibility index (Phi) is 4.23. The number of benzene rings is 1. The van der Waals surface area contributed by atoms with Gasteiger partial charge in [0.05, 0.1) is 17.7 Å². The molecule has 2 nitrogen and oxygen atoms in total. The highest BCUT2D eigenvalue weighted by atomic mass is 19.4. The van der Waals surface area contributed by atoms with Crippen LogP contribution in [0.5, 0.6) is 0 Å². The quantitative estimate of drug-likeness (QED) is 0.765. The van der Waals surface area contributed by atoms with Crippen molar-refractivity contribution in [1.29, 1.82) is 0 Å². The molecule has 23 heavy (non-hydrogen) atoms. The third-order valence-electron chi connectivity index (χ3n) is 4.57. The van der Waals surface area contributed by atoms with Gasteiger partial charge in [0.15, 0.2) is 0 Å². The Bertz CT molecular complexity index is 636. The summed E-state index contributed by atoms with van der Waals surface area (Å²) in [5.74, 6) is 0.100. The van der Waals surface area contributed by atoms with Gasteiger partial charge in [-0.25, -0.2) is 0 Å². The van der Waals surface area contributed by atoms with E-state index in [9.17, 15) is 13.2 Å². The monoisotopic (exact) mass is 323 g/mol. The number of hydrogen-bond donors (Lipinski definition) is 1. The van der Waals surface area contributed by atoms with E-state index in [0.717, 1.165) is 24.5 Å². The zero-order valence-electron chi connectivity index (χ0n) is 13.0. The molecule has 2 aliphatic heterocycles. The van der Waals surface area contributed by atoms with Crippen molar-refractivity contribution >= 4 is 5.69 Å². The molecule has 0 radical (unpaired) electrons. The van der Waals surface area contributed by atoms with E-state index in [0.29, 0.717) is 17.9 Å². The lowest BCUT2D eigenvalue weighted by Crippen LogP contribution is -2.42. The first-order valence-electron chi connectivity index (χ1n) is 7.82.